The topological polar surface area (TPSA) is 24.5 Å². The summed E-state index contributed by atoms with van der Waals surface area (Å²) in [5.74, 6) is 0. The highest BCUT2D eigenvalue weighted by Crippen LogP contribution is 2.29. The van der Waals surface area contributed by atoms with Crippen molar-refractivity contribution in [3.8, 4) is 0 Å². The first-order valence-electron chi connectivity index (χ1n) is 6.58. The first kappa shape index (κ1) is 13.8. The maximum Gasteiger partial charge on any atom is 0.0642 e. The van der Waals surface area contributed by atoms with E-state index in [9.17, 15) is 0 Å². The minimum atomic E-state index is 0.394. The van der Waals surface area contributed by atoms with Crippen molar-refractivity contribution >= 4 is 21.6 Å². The maximum atomic E-state index is 5.39. The minimum Gasteiger partial charge on any atom is -0.378 e. The van der Waals surface area contributed by atoms with Gasteiger partial charge in [0.1, 0.15) is 0 Å². The number of nitrogens with one attached hydrogen (secondary N) is 1. The van der Waals surface area contributed by atoms with Gasteiger partial charge in [-0.15, -0.1) is 0 Å². The predicted molar refractivity (Wildman–Crippen MR) is 79.3 cm³/mol. The van der Waals surface area contributed by atoms with E-state index >= 15 is 0 Å². The average molecular weight is 313 g/mol. The Labute approximate surface area is 118 Å². The van der Waals surface area contributed by atoms with Crippen LogP contribution in [0.3, 0.4) is 0 Å². The Bertz CT molecular complexity index is 391. The second-order valence-corrected chi connectivity index (χ2v) is 5.44. The van der Waals surface area contributed by atoms with Gasteiger partial charge in [0.05, 0.1) is 18.9 Å². The zero-order valence-corrected chi connectivity index (χ0v) is 12.7. The molecular formula is C14H21BrN2O. The van der Waals surface area contributed by atoms with Crippen LogP contribution in [-0.2, 0) is 4.74 Å². The third-order valence-electron chi connectivity index (χ3n) is 3.33. The number of benzene rings is 1. The van der Waals surface area contributed by atoms with Gasteiger partial charge in [0.25, 0.3) is 0 Å². The zero-order chi connectivity index (χ0) is 13.0. The molecule has 1 aliphatic heterocycles. The molecule has 0 aliphatic carbocycles. The lowest BCUT2D eigenvalue weighted by Gasteiger charge is -2.30. The molecule has 3 nitrogen and oxygen atoms in total. The van der Waals surface area contributed by atoms with Crippen LogP contribution in [0, 0.1) is 0 Å². The van der Waals surface area contributed by atoms with E-state index in [0.717, 1.165) is 32.8 Å². The van der Waals surface area contributed by atoms with Crippen molar-refractivity contribution in [2.24, 2.45) is 0 Å². The van der Waals surface area contributed by atoms with Crippen molar-refractivity contribution in [3.63, 3.8) is 0 Å². The highest BCUT2D eigenvalue weighted by molar-refractivity contribution is 9.10. The summed E-state index contributed by atoms with van der Waals surface area (Å²) in [4.78, 5) is 2.37. The largest absolute Gasteiger partial charge is 0.378 e. The van der Waals surface area contributed by atoms with E-state index in [4.69, 9.17) is 4.74 Å². The number of ether oxygens (including phenoxy) is 1. The van der Waals surface area contributed by atoms with Gasteiger partial charge in [-0.1, -0.05) is 13.0 Å². The Morgan fingerprint density at radius 2 is 2.11 bits per heavy atom. The zero-order valence-electron chi connectivity index (χ0n) is 11.1. The van der Waals surface area contributed by atoms with Crippen LogP contribution in [0.2, 0.25) is 0 Å². The van der Waals surface area contributed by atoms with Crippen molar-refractivity contribution in [1.82, 2.24) is 5.32 Å². The summed E-state index contributed by atoms with van der Waals surface area (Å²) in [5, 5.41) is 3.43. The van der Waals surface area contributed by atoms with Crippen LogP contribution in [0.25, 0.3) is 0 Å². The van der Waals surface area contributed by atoms with Gasteiger partial charge in [0.2, 0.25) is 0 Å². The smallest absolute Gasteiger partial charge is 0.0642 e. The van der Waals surface area contributed by atoms with Gasteiger partial charge in [-0.25, -0.2) is 0 Å². The van der Waals surface area contributed by atoms with Gasteiger partial charge >= 0.3 is 0 Å². The van der Waals surface area contributed by atoms with E-state index in [-0.39, 0.29) is 0 Å². The summed E-state index contributed by atoms with van der Waals surface area (Å²) in [6.45, 7) is 8.91. The fraction of sp³-hybridized carbons (Fsp3) is 0.571. The molecule has 18 heavy (non-hydrogen) atoms. The molecule has 0 amide bonds. The third-order valence-corrected chi connectivity index (χ3v) is 3.97. The molecule has 0 spiro atoms. The van der Waals surface area contributed by atoms with Gasteiger partial charge in [0, 0.05) is 23.6 Å². The molecule has 1 saturated heterocycles. The van der Waals surface area contributed by atoms with Gasteiger partial charge < -0.3 is 15.0 Å². The molecule has 1 atom stereocenters. The molecule has 1 N–H and O–H groups in total. The lowest BCUT2D eigenvalue weighted by molar-refractivity contribution is 0.122. The van der Waals surface area contributed by atoms with E-state index < -0.39 is 0 Å². The van der Waals surface area contributed by atoms with Crippen molar-refractivity contribution in [2.45, 2.75) is 19.9 Å². The van der Waals surface area contributed by atoms with Crippen LogP contribution >= 0.6 is 15.9 Å². The molecular weight excluding hydrogens is 292 g/mol. The average Bonchev–Trinajstić information content (AvgIpc) is 2.40. The van der Waals surface area contributed by atoms with E-state index in [2.05, 4.69) is 58.2 Å². The Morgan fingerprint density at radius 3 is 2.72 bits per heavy atom. The van der Waals surface area contributed by atoms with Crippen LogP contribution in [0.1, 0.15) is 25.5 Å². The van der Waals surface area contributed by atoms with Crippen LogP contribution < -0.4 is 10.2 Å². The maximum absolute atomic E-state index is 5.39. The second kappa shape index (κ2) is 6.55. The molecule has 1 unspecified atom stereocenters. The standard InChI is InChI=1S/C14H21BrN2O/c1-3-16-11(2)12-4-5-14(13(15)10-12)17-6-8-18-9-7-17/h4-5,10-11,16H,3,6-9H2,1-2H3. The van der Waals surface area contributed by atoms with Gasteiger partial charge in [-0.05, 0) is 47.1 Å². The van der Waals surface area contributed by atoms with E-state index in [1.165, 1.54) is 15.7 Å². The Hall–Kier alpha value is -0.580. The fourth-order valence-electron chi connectivity index (χ4n) is 2.28. The molecule has 0 aromatic heterocycles. The Balaban J connectivity index is 2.13. The summed E-state index contributed by atoms with van der Waals surface area (Å²) in [7, 11) is 0. The number of halogens is 1. The fourth-order valence-corrected chi connectivity index (χ4v) is 2.92. The van der Waals surface area contributed by atoms with Gasteiger partial charge in [-0.2, -0.15) is 0 Å². The van der Waals surface area contributed by atoms with Gasteiger partial charge in [-0.3, -0.25) is 0 Å². The molecule has 0 bridgehead atoms. The number of hydrogen-bond donors (Lipinski definition) is 1. The number of anilines is 1. The van der Waals surface area contributed by atoms with Gasteiger partial charge in [0.15, 0.2) is 0 Å². The van der Waals surface area contributed by atoms with Crippen LogP contribution in [-0.4, -0.2) is 32.8 Å². The molecule has 100 valence electrons. The summed E-state index contributed by atoms with van der Waals surface area (Å²) >= 11 is 3.69. The summed E-state index contributed by atoms with van der Waals surface area (Å²) in [5.41, 5.74) is 2.59. The highest BCUT2D eigenvalue weighted by atomic mass is 79.9. The molecule has 0 radical (unpaired) electrons. The molecule has 4 heteroatoms. The lowest BCUT2D eigenvalue weighted by atomic mass is 10.1. The quantitative estimate of drug-likeness (QED) is 0.925. The van der Waals surface area contributed by atoms with E-state index in [1.54, 1.807) is 0 Å². The summed E-state index contributed by atoms with van der Waals surface area (Å²) in [6.07, 6.45) is 0. The first-order valence-corrected chi connectivity index (χ1v) is 7.37. The van der Waals surface area contributed by atoms with E-state index in [0.29, 0.717) is 6.04 Å². The van der Waals surface area contributed by atoms with E-state index in [1.807, 2.05) is 0 Å². The number of morpholine rings is 1. The van der Waals surface area contributed by atoms with Crippen molar-refractivity contribution in [2.75, 3.05) is 37.7 Å². The minimum absolute atomic E-state index is 0.394. The molecule has 1 aromatic carbocycles. The van der Waals surface area contributed by atoms with Crippen molar-refractivity contribution < 1.29 is 4.74 Å². The summed E-state index contributed by atoms with van der Waals surface area (Å²) in [6, 6.07) is 7.03. The van der Waals surface area contributed by atoms with Crippen molar-refractivity contribution in [1.29, 1.82) is 0 Å². The Kier molecular flexibility index (Phi) is 5.03. The number of rotatable bonds is 4. The molecule has 1 heterocycles. The first-order chi connectivity index (χ1) is 8.72. The molecule has 1 aliphatic rings. The van der Waals surface area contributed by atoms with Crippen LogP contribution in [0.15, 0.2) is 22.7 Å². The number of nitrogens with zero attached hydrogens (tertiary/aromatic N) is 1. The number of hydrogen-bond acceptors (Lipinski definition) is 3. The normalized spacial score (nSPS) is 17.8. The van der Waals surface area contributed by atoms with Crippen LogP contribution in [0.5, 0.6) is 0 Å². The summed E-state index contributed by atoms with van der Waals surface area (Å²) < 4.78 is 6.56. The SMILES string of the molecule is CCNC(C)c1ccc(N2CCOCC2)c(Br)c1. The molecule has 2 rings (SSSR count). The monoisotopic (exact) mass is 312 g/mol. The highest BCUT2D eigenvalue weighted by Gasteiger charge is 2.15. The second-order valence-electron chi connectivity index (χ2n) is 4.59. The Morgan fingerprint density at radius 1 is 1.39 bits per heavy atom. The molecule has 0 saturated carbocycles. The molecule has 1 aromatic rings. The molecule has 1 fully saturated rings. The predicted octanol–water partition coefficient (Wildman–Crippen LogP) is 2.96. The van der Waals surface area contributed by atoms with Crippen molar-refractivity contribution in [3.05, 3.63) is 28.2 Å². The lowest BCUT2D eigenvalue weighted by Crippen LogP contribution is -2.36. The third kappa shape index (κ3) is 3.25. The van der Waals surface area contributed by atoms with Crippen LogP contribution in [0.4, 0.5) is 5.69 Å².